The van der Waals surface area contributed by atoms with E-state index in [-0.39, 0.29) is 4.90 Å². The quantitative estimate of drug-likeness (QED) is 0.0557. The summed E-state index contributed by atoms with van der Waals surface area (Å²) in [4.78, 5) is -0.185. The zero-order valence-electron chi connectivity index (χ0n) is 24.1. The van der Waals surface area contributed by atoms with Gasteiger partial charge in [0.2, 0.25) is 0 Å². The molecule has 0 aliphatic carbocycles. The molecule has 1 aliphatic heterocycles. The fourth-order valence-electron chi connectivity index (χ4n) is 5.47. The largest absolute Gasteiger partial charge is 0.744 e. The van der Waals surface area contributed by atoms with Gasteiger partial charge in [0.15, 0.2) is 0 Å². The molecule has 0 radical (unpaired) electrons. The number of unbranched alkanes of at least 4 members (excludes halogenated alkanes) is 13. The highest BCUT2D eigenvalue weighted by Gasteiger charge is 2.36. The van der Waals surface area contributed by atoms with Crippen LogP contribution in [0.1, 0.15) is 111 Å². The van der Waals surface area contributed by atoms with Gasteiger partial charge in [-0.3, -0.25) is 0 Å². The molecule has 38 heavy (non-hydrogen) atoms. The molecule has 0 spiro atoms. The maximum absolute atomic E-state index is 10.3. The molecule has 1 heterocycles. The highest BCUT2D eigenvalue weighted by molar-refractivity contribution is 14.1. The Morgan fingerprint density at radius 1 is 0.842 bits per heavy atom. The van der Waals surface area contributed by atoms with Gasteiger partial charge in [-0.25, -0.2) is 8.42 Å². The van der Waals surface area contributed by atoms with E-state index in [2.05, 4.69) is 53.2 Å². The van der Waals surface area contributed by atoms with Crippen LogP contribution in [0, 0.1) is 9.85 Å². The summed E-state index contributed by atoms with van der Waals surface area (Å²) in [5.41, 5.74) is 0. The number of halogens is 1. The lowest BCUT2D eigenvalue weighted by atomic mass is 10.0. The minimum Gasteiger partial charge on any atom is -0.744 e. The van der Waals surface area contributed by atoms with Crippen LogP contribution < -0.4 is 0 Å². The lowest BCUT2D eigenvalue weighted by molar-refractivity contribution is -0.935. The van der Waals surface area contributed by atoms with Gasteiger partial charge < -0.3 is 13.8 Å². The third-order valence-corrected chi connectivity index (χ3v) is 8.48. The molecule has 1 saturated heterocycles. The number of hydrogen-bond donors (Lipinski definition) is 0. The summed E-state index contributed by atoms with van der Waals surface area (Å²) in [6, 6.07) is 7.19. The molecule has 218 valence electrons. The summed E-state index contributed by atoms with van der Waals surface area (Å²) in [6.07, 6.45) is 20.7. The lowest BCUT2D eigenvalue weighted by Crippen LogP contribution is -2.60. The fourth-order valence-corrected chi connectivity index (χ4v) is 6.13. The number of morpholine rings is 1. The van der Waals surface area contributed by atoms with E-state index in [9.17, 15) is 13.0 Å². The summed E-state index contributed by atoms with van der Waals surface area (Å²) in [7, 11) is -4.25. The van der Waals surface area contributed by atoms with E-state index < -0.39 is 10.1 Å². The summed E-state index contributed by atoms with van der Waals surface area (Å²) >= 11 is 2.18. The second-order valence-electron chi connectivity index (χ2n) is 11.0. The number of rotatable bonds is 17. The Morgan fingerprint density at radius 2 is 1.29 bits per heavy atom. The molecule has 1 fully saturated rings. The van der Waals surface area contributed by atoms with Gasteiger partial charge in [0.1, 0.15) is 42.0 Å². The number of ether oxygens (including phenoxy) is 1. The number of quaternary nitrogens is 1. The van der Waals surface area contributed by atoms with E-state index in [1.165, 1.54) is 121 Å². The molecule has 0 aromatic heterocycles. The molecule has 1 aliphatic rings. The van der Waals surface area contributed by atoms with Crippen molar-refractivity contribution in [3.8, 4) is 9.85 Å². The van der Waals surface area contributed by atoms with E-state index in [0.29, 0.717) is 12.2 Å². The third kappa shape index (κ3) is 17.1. The van der Waals surface area contributed by atoms with Gasteiger partial charge in [-0.05, 0) is 48.7 Å². The molecule has 2 unspecified atom stereocenters. The maximum Gasteiger partial charge on any atom is 0.141 e. The van der Waals surface area contributed by atoms with Crippen LogP contribution in [0.5, 0.6) is 0 Å². The first-order chi connectivity index (χ1) is 18.2. The lowest BCUT2D eigenvalue weighted by Gasteiger charge is -2.45. The van der Waals surface area contributed by atoms with Crippen molar-refractivity contribution in [1.82, 2.24) is 0 Å². The molecule has 2 atom stereocenters. The van der Waals surface area contributed by atoms with Gasteiger partial charge in [0.05, 0.1) is 11.4 Å². The van der Waals surface area contributed by atoms with Crippen LogP contribution >= 0.6 is 22.6 Å². The Hall–Kier alpha value is -0.660. The number of benzene rings is 1. The van der Waals surface area contributed by atoms with Crippen LogP contribution in [0.25, 0.3) is 0 Å². The smallest absolute Gasteiger partial charge is 0.141 e. The zero-order chi connectivity index (χ0) is 28.1. The molecule has 0 bridgehead atoms. The van der Waals surface area contributed by atoms with Crippen molar-refractivity contribution >= 4 is 32.7 Å². The Kier molecular flexibility index (Phi) is 19.7. The maximum atomic E-state index is 10.3. The SMILES string of the molecule is CCCCCCCCCCCCCCCC[N+]1(CC#CI)CC(C)OC(C)C1.O=S(=O)([O-])c1ccccc1. The summed E-state index contributed by atoms with van der Waals surface area (Å²) < 4.78 is 41.0. The van der Waals surface area contributed by atoms with Gasteiger partial charge in [-0.2, -0.15) is 0 Å². The van der Waals surface area contributed by atoms with Gasteiger partial charge in [0, 0.05) is 22.6 Å². The Bertz CT molecular complexity index is 872. The van der Waals surface area contributed by atoms with Crippen LogP contribution in [0.2, 0.25) is 0 Å². The van der Waals surface area contributed by atoms with Gasteiger partial charge in [-0.15, -0.1) is 0 Å². The minimum absolute atomic E-state index is 0.185. The van der Waals surface area contributed by atoms with Crippen molar-refractivity contribution in [3.05, 3.63) is 30.3 Å². The van der Waals surface area contributed by atoms with Gasteiger partial charge in [-0.1, -0.05) is 102 Å². The van der Waals surface area contributed by atoms with E-state index in [1.54, 1.807) is 6.07 Å². The van der Waals surface area contributed by atoms with Crippen molar-refractivity contribution in [2.24, 2.45) is 0 Å². The van der Waals surface area contributed by atoms with Crippen molar-refractivity contribution in [3.63, 3.8) is 0 Å². The van der Waals surface area contributed by atoms with Gasteiger partial charge >= 0.3 is 0 Å². The van der Waals surface area contributed by atoms with Crippen LogP contribution in [-0.2, 0) is 14.9 Å². The van der Waals surface area contributed by atoms with Crippen molar-refractivity contribution < 1.29 is 22.2 Å². The molecule has 1 aromatic rings. The normalized spacial score (nSPS) is 21.2. The first-order valence-electron chi connectivity index (χ1n) is 14.8. The second-order valence-corrected chi connectivity index (χ2v) is 12.9. The molecule has 0 amide bonds. The Morgan fingerprint density at radius 3 is 1.68 bits per heavy atom. The van der Waals surface area contributed by atoms with Crippen LogP contribution in [-0.4, -0.2) is 55.8 Å². The molecule has 0 saturated carbocycles. The summed E-state index contributed by atoms with van der Waals surface area (Å²) in [5, 5.41) is 0. The zero-order valence-corrected chi connectivity index (χ0v) is 27.1. The minimum atomic E-state index is -4.25. The highest BCUT2D eigenvalue weighted by Crippen LogP contribution is 2.21. The Balaban J connectivity index is 0.000000600. The first kappa shape index (κ1) is 35.4. The number of hydrogen-bond acceptors (Lipinski definition) is 4. The van der Waals surface area contributed by atoms with E-state index in [4.69, 9.17) is 4.74 Å². The van der Waals surface area contributed by atoms with Crippen molar-refractivity contribution in [2.75, 3.05) is 26.2 Å². The van der Waals surface area contributed by atoms with E-state index >= 15 is 0 Å². The second kappa shape index (κ2) is 21.1. The number of nitrogens with zero attached hydrogens (tertiary/aromatic N) is 1. The highest BCUT2D eigenvalue weighted by atomic mass is 127. The third-order valence-electron chi connectivity index (χ3n) is 7.25. The van der Waals surface area contributed by atoms with Crippen LogP contribution in [0.15, 0.2) is 35.2 Å². The fraction of sp³-hybridized carbons (Fsp3) is 0.742. The molecule has 2 rings (SSSR count). The topological polar surface area (TPSA) is 66.4 Å². The monoisotopic (exact) mass is 661 g/mol. The standard InChI is InChI=1S/C25H47INO.C6H6O3S/c1-4-5-6-7-8-9-10-11-12-13-14-15-16-17-20-27(21-18-19-26)22-24(2)28-25(3)23-27;7-10(8,9)6-4-2-1-3-5-6/h24-25H,4-17,20-23H2,1-3H3;1-5H,(H,7,8,9)/q+1;/p-1. The molecule has 7 heteroatoms. The summed E-state index contributed by atoms with van der Waals surface area (Å²) in [6.45, 7) is 11.3. The van der Waals surface area contributed by atoms with Gasteiger partial charge in [0.25, 0.3) is 0 Å². The summed E-state index contributed by atoms with van der Waals surface area (Å²) in [5.74, 6) is 3.35. The van der Waals surface area contributed by atoms with Crippen LogP contribution in [0.4, 0.5) is 0 Å². The Labute approximate surface area is 248 Å². The first-order valence-corrected chi connectivity index (χ1v) is 17.3. The molecule has 1 aromatic carbocycles. The average Bonchev–Trinajstić information content (AvgIpc) is 2.87. The molecule has 5 nitrogen and oxygen atoms in total. The van der Waals surface area contributed by atoms with Crippen molar-refractivity contribution in [2.45, 2.75) is 128 Å². The van der Waals surface area contributed by atoms with E-state index in [1.807, 2.05) is 0 Å². The van der Waals surface area contributed by atoms with Crippen molar-refractivity contribution in [1.29, 1.82) is 0 Å². The molecule has 0 N–H and O–H groups in total. The predicted octanol–water partition coefficient (Wildman–Crippen LogP) is 8.08. The van der Waals surface area contributed by atoms with Crippen LogP contribution in [0.3, 0.4) is 0 Å². The molecular formula is C31H52INO4S. The average molecular weight is 662 g/mol. The van der Waals surface area contributed by atoms with E-state index in [0.717, 1.165) is 24.1 Å². The predicted molar refractivity (Wildman–Crippen MR) is 166 cm³/mol. The molecular weight excluding hydrogens is 609 g/mol.